The van der Waals surface area contributed by atoms with Crippen LogP contribution in [0, 0.1) is 18.7 Å². The van der Waals surface area contributed by atoms with E-state index in [0.29, 0.717) is 17.5 Å². The molecule has 5 heteroatoms. The first-order valence-electron chi connectivity index (χ1n) is 9.21. The van der Waals surface area contributed by atoms with E-state index in [-0.39, 0.29) is 5.82 Å². The fourth-order valence-electron chi connectivity index (χ4n) is 3.83. The normalized spacial score (nSPS) is 22.0. The van der Waals surface area contributed by atoms with Crippen molar-refractivity contribution in [2.45, 2.75) is 32.3 Å². The Kier molecular flexibility index (Phi) is 4.86. The smallest absolute Gasteiger partial charge is 0.149 e. The van der Waals surface area contributed by atoms with Crippen molar-refractivity contribution in [2.24, 2.45) is 5.92 Å². The number of piperidine rings is 1. The van der Waals surface area contributed by atoms with Crippen LogP contribution in [0.2, 0.25) is 0 Å². The second kappa shape index (κ2) is 7.26. The summed E-state index contributed by atoms with van der Waals surface area (Å²) >= 11 is 0. The maximum Gasteiger partial charge on any atom is 0.149 e. The summed E-state index contributed by atoms with van der Waals surface area (Å²) in [5, 5.41) is 0.896. The van der Waals surface area contributed by atoms with Crippen molar-refractivity contribution in [3.63, 3.8) is 0 Å². The van der Waals surface area contributed by atoms with Gasteiger partial charge in [-0.3, -0.25) is 0 Å². The molecular formula is C20H25FN2O2. The topological polar surface area (TPSA) is 34.6 Å². The van der Waals surface area contributed by atoms with Gasteiger partial charge < -0.3 is 14.4 Å². The second-order valence-corrected chi connectivity index (χ2v) is 7.17. The number of halogens is 1. The number of hydrogen-bond donors (Lipinski definition) is 0. The van der Waals surface area contributed by atoms with E-state index in [2.05, 4.69) is 16.0 Å². The van der Waals surface area contributed by atoms with Gasteiger partial charge in [-0.05, 0) is 38.3 Å². The van der Waals surface area contributed by atoms with E-state index in [9.17, 15) is 4.39 Å². The van der Waals surface area contributed by atoms with Crippen LogP contribution in [0.5, 0.6) is 0 Å². The van der Waals surface area contributed by atoms with Crippen molar-refractivity contribution in [3.05, 3.63) is 35.8 Å². The Labute approximate surface area is 147 Å². The number of anilines is 1. The third-order valence-electron chi connectivity index (χ3n) is 5.27. The molecule has 0 radical (unpaired) electrons. The van der Waals surface area contributed by atoms with Crippen LogP contribution in [-0.2, 0) is 9.47 Å². The molecule has 1 unspecified atom stereocenters. The minimum atomic E-state index is -0.251. The van der Waals surface area contributed by atoms with E-state index >= 15 is 0 Å². The lowest BCUT2D eigenvalue weighted by atomic mass is 10.0. The molecule has 3 heterocycles. The molecule has 4 nitrogen and oxygen atoms in total. The molecule has 25 heavy (non-hydrogen) atoms. The maximum atomic E-state index is 14.1. The van der Waals surface area contributed by atoms with E-state index < -0.39 is 0 Å². The average Bonchev–Trinajstić information content (AvgIpc) is 3.14. The van der Waals surface area contributed by atoms with Gasteiger partial charge in [-0.2, -0.15) is 0 Å². The number of rotatable bonds is 4. The zero-order valence-corrected chi connectivity index (χ0v) is 14.7. The lowest BCUT2D eigenvalue weighted by Gasteiger charge is -2.34. The van der Waals surface area contributed by atoms with E-state index in [1.165, 1.54) is 6.07 Å². The van der Waals surface area contributed by atoms with Crippen molar-refractivity contribution in [1.82, 2.24) is 4.98 Å². The van der Waals surface area contributed by atoms with Gasteiger partial charge in [0, 0.05) is 42.4 Å². The van der Waals surface area contributed by atoms with Gasteiger partial charge in [-0.15, -0.1) is 0 Å². The molecule has 0 aliphatic carbocycles. The fraction of sp³-hybridized carbons (Fsp3) is 0.550. The molecule has 1 atom stereocenters. The first-order chi connectivity index (χ1) is 12.2. The first kappa shape index (κ1) is 16.7. The number of aryl methyl sites for hydroxylation is 1. The van der Waals surface area contributed by atoms with Gasteiger partial charge in [-0.25, -0.2) is 9.37 Å². The number of pyridine rings is 1. The quantitative estimate of drug-likeness (QED) is 0.847. The molecule has 2 aliphatic heterocycles. The number of para-hydroxylation sites is 1. The maximum absolute atomic E-state index is 14.1. The van der Waals surface area contributed by atoms with Crippen molar-refractivity contribution in [1.29, 1.82) is 0 Å². The highest BCUT2D eigenvalue weighted by Gasteiger charge is 2.24. The summed E-state index contributed by atoms with van der Waals surface area (Å²) < 4.78 is 25.6. The minimum absolute atomic E-state index is 0.251. The van der Waals surface area contributed by atoms with Crippen LogP contribution in [-0.4, -0.2) is 44.0 Å². The molecule has 0 bridgehead atoms. The Bertz CT molecular complexity index is 738. The van der Waals surface area contributed by atoms with Crippen LogP contribution in [0.15, 0.2) is 24.3 Å². The van der Waals surface area contributed by atoms with Gasteiger partial charge >= 0.3 is 0 Å². The largest absolute Gasteiger partial charge is 0.381 e. The zero-order chi connectivity index (χ0) is 17.2. The zero-order valence-electron chi connectivity index (χ0n) is 14.7. The van der Waals surface area contributed by atoms with Crippen molar-refractivity contribution < 1.29 is 13.9 Å². The van der Waals surface area contributed by atoms with E-state index in [1.54, 1.807) is 6.07 Å². The predicted octanol–water partition coefficient (Wildman–Crippen LogP) is 3.70. The molecule has 1 aromatic carbocycles. The predicted molar refractivity (Wildman–Crippen MR) is 96.6 cm³/mol. The molecule has 0 spiro atoms. The van der Waals surface area contributed by atoms with Gasteiger partial charge in [0.25, 0.3) is 0 Å². The van der Waals surface area contributed by atoms with Gasteiger partial charge in [0.05, 0.1) is 19.3 Å². The van der Waals surface area contributed by atoms with Crippen molar-refractivity contribution >= 4 is 16.6 Å². The molecular weight excluding hydrogens is 319 g/mol. The summed E-state index contributed by atoms with van der Waals surface area (Å²) in [4.78, 5) is 6.72. The molecule has 0 amide bonds. The summed E-state index contributed by atoms with van der Waals surface area (Å²) in [5.74, 6) is 0.312. The van der Waals surface area contributed by atoms with Crippen LogP contribution in [0.3, 0.4) is 0 Å². The van der Waals surface area contributed by atoms with Gasteiger partial charge in [0.1, 0.15) is 11.3 Å². The standard InChI is InChI=1S/C20H25FN2O2/c1-14-11-19(17-3-2-4-18(21)20(17)22-14)23-8-5-16(6-9-23)25-13-15-7-10-24-12-15/h2-4,11,15-16H,5-10,12-13H2,1H3. The van der Waals surface area contributed by atoms with Crippen LogP contribution in [0.1, 0.15) is 25.0 Å². The number of hydrogen-bond acceptors (Lipinski definition) is 4. The number of fused-ring (bicyclic) bond motifs is 1. The van der Waals surface area contributed by atoms with E-state index in [1.807, 2.05) is 13.0 Å². The van der Waals surface area contributed by atoms with Crippen molar-refractivity contribution in [2.75, 3.05) is 37.8 Å². The fourth-order valence-corrected chi connectivity index (χ4v) is 3.83. The molecule has 0 saturated carbocycles. The van der Waals surface area contributed by atoms with Crippen LogP contribution >= 0.6 is 0 Å². The SMILES string of the molecule is Cc1cc(N2CCC(OCC3CCOC3)CC2)c2cccc(F)c2n1. The van der Waals surface area contributed by atoms with Gasteiger partial charge in [0.15, 0.2) is 0 Å². The molecule has 4 rings (SSSR count). The van der Waals surface area contributed by atoms with Crippen LogP contribution < -0.4 is 4.90 Å². The third kappa shape index (κ3) is 3.62. The number of ether oxygens (including phenoxy) is 2. The minimum Gasteiger partial charge on any atom is -0.381 e. The lowest BCUT2D eigenvalue weighted by Crippen LogP contribution is -2.37. The molecule has 0 N–H and O–H groups in total. The summed E-state index contributed by atoms with van der Waals surface area (Å²) in [6.45, 7) is 6.31. The number of aromatic nitrogens is 1. The summed E-state index contributed by atoms with van der Waals surface area (Å²) in [7, 11) is 0. The Hall–Kier alpha value is -1.72. The summed E-state index contributed by atoms with van der Waals surface area (Å²) in [6.07, 6.45) is 3.45. The van der Waals surface area contributed by atoms with E-state index in [4.69, 9.17) is 9.47 Å². The number of nitrogens with zero attached hydrogens (tertiary/aromatic N) is 2. The average molecular weight is 344 g/mol. The highest BCUT2D eigenvalue weighted by atomic mass is 19.1. The highest BCUT2D eigenvalue weighted by molar-refractivity contribution is 5.92. The van der Waals surface area contributed by atoms with Gasteiger partial charge in [-0.1, -0.05) is 12.1 Å². The molecule has 2 aliphatic rings. The summed E-state index contributed by atoms with van der Waals surface area (Å²) in [6, 6.07) is 7.27. The number of benzene rings is 1. The third-order valence-corrected chi connectivity index (χ3v) is 5.27. The molecule has 2 saturated heterocycles. The Morgan fingerprint density at radius 2 is 2.12 bits per heavy atom. The monoisotopic (exact) mass is 344 g/mol. The molecule has 134 valence electrons. The molecule has 2 aromatic rings. The van der Waals surface area contributed by atoms with Crippen molar-refractivity contribution in [3.8, 4) is 0 Å². The first-order valence-corrected chi connectivity index (χ1v) is 9.21. The Morgan fingerprint density at radius 1 is 1.28 bits per heavy atom. The second-order valence-electron chi connectivity index (χ2n) is 7.17. The van der Waals surface area contributed by atoms with Crippen LogP contribution in [0.4, 0.5) is 10.1 Å². The molecule has 2 fully saturated rings. The summed E-state index contributed by atoms with van der Waals surface area (Å²) in [5.41, 5.74) is 2.41. The Morgan fingerprint density at radius 3 is 2.88 bits per heavy atom. The lowest BCUT2D eigenvalue weighted by molar-refractivity contribution is 0.0132. The van der Waals surface area contributed by atoms with Crippen LogP contribution in [0.25, 0.3) is 10.9 Å². The molecule has 1 aromatic heterocycles. The van der Waals surface area contributed by atoms with Gasteiger partial charge in [0.2, 0.25) is 0 Å². The van der Waals surface area contributed by atoms with E-state index in [0.717, 1.165) is 68.9 Å². The Balaban J connectivity index is 1.44. The highest BCUT2D eigenvalue weighted by Crippen LogP contribution is 2.31.